The van der Waals surface area contributed by atoms with Gasteiger partial charge in [-0.3, -0.25) is 4.90 Å². The fraction of sp³-hybridized carbons (Fsp3) is 1.00. The van der Waals surface area contributed by atoms with Gasteiger partial charge in [-0.05, 0) is 43.6 Å². The van der Waals surface area contributed by atoms with E-state index in [1.54, 1.807) is 0 Å². The third-order valence-corrected chi connectivity index (χ3v) is 5.91. The minimum atomic E-state index is -0.322. The minimum absolute atomic E-state index is 0.322. The predicted octanol–water partition coefficient (Wildman–Crippen LogP) is 1.44. The molecule has 0 aromatic carbocycles. The number of hydrogen-bond donors (Lipinski definition) is 1. The first-order valence-electron chi connectivity index (χ1n) is 8.95. The van der Waals surface area contributed by atoms with Crippen molar-refractivity contribution in [3.63, 3.8) is 0 Å². The average Bonchev–Trinajstić information content (AvgIpc) is 3.11. The summed E-state index contributed by atoms with van der Waals surface area (Å²) in [6.45, 7) is 9.95. The smallest absolute Gasteiger partial charge is 0.0900 e. The largest absolute Gasteiger partial charge is 0.389 e. The predicted molar refractivity (Wildman–Crippen MR) is 84.3 cm³/mol. The zero-order valence-corrected chi connectivity index (χ0v) is 13.5. The van der Waals surface area contributed by atoms with Crippen LogP contribution in [0.4, 0.5) is 0 Å². The van der Waals surface area contributed by atoms with Crippen molar-refractivity contribution in [3.05, 3.63) is 0 Å². The first-order chi connectivity index (χ1) is 10.2. The van der Waals surface area contributed by atoms with Crippen LogP contribution in [-0.2, 0) is 4.74 Å². The van der Waals surface area contributed by atoms with E-state index < -0.39 is 0 Å². The molecule has 0 aromatic rings. The van der Waals surface area contributed by atoms with Gasteiger partial charge in [0.15, 0.2) is 0 Å². The van der Waals surface area contributed by atoms with Crippen LogP contribution >= 0.6 is 0 Å². The van der Waals surface area contributed by atoms with Gasteiger partial charge in [0.25, 0.3) is 0 Å². The second-order valence-electron chi connectivity index (χ2n) is 7.36. The molecule has 1 saturated heterocycles. The molecule has 122 valence electrons. The number of piperazine rings is 1. The monoisotopic (exact) mass is 296 g/mol. The van der Waals surface area contributed by atoms with Crippen molar-refractivity contribution in [2.24, 2.45) is 17.8 Å². The van der Waals surface area contributed by atoms with Crippen molar-refractivity contribution in [3.8, 4) is 0 Å². The number of β-amino-alcohol motifs (C(OH)–C–C–N with tert-alkyl or cyclic N) is 1. The highest BCUT2D eigenvalue weighted by molar-refractivity contribution is 4.89. The van der Waals surface area contributed by atoms with Gasteiger partial charge in [0, 0.05) is 39.3 Å². The van der Waals surface area contributed by atoms with Gasteiger partial charge in [-0.15, -0.1) is 0 Å². The summed E-state index contributed by atoms with van der Waals surface area (Å²) in [7, 11) is 0. The Kier molecular flexibility index (Phi) is 5.54. The zero-order valence-electron chi connectivity index (χ0n) is 13.5. The lowest BCUT2D eigenvalue weighted by molar-refractivity contribution is -0.00831. The Bertz CT molecular complexity index is 318. The highest BCUT2D eigenvalue weighted by Gasteiger charge is 2.39. The van der Waals surface area contributed by atoms with E-state index in [1.165, 1.54) is 25.7 Å². The van der Waals surface area contributed by atoms with Gasteiger partial charge in [0.1, 0.15) is 0 Å². The highest BCUT2D eigenvalue weighted by atomic mass is 16.5. The van der Waals surface area contributed by atoms with Crippen LogP contribution in [0, 0.1) is 17.8 Å². The highest BCUT2D eigenvalue weighted by Crippen LogP contribution is 2.48. The number of hydrogen-bond acceptors (Lipinski definition) is 4. The van der Waals surface area contributed by atoms with E-state index in [0.29, 0.717) is 6.61 Å². The van der Waals surface area contributed by atoms with Gasteiger partial charge in [-0.2, -0.15) is 0 Å². The molecular weight excluding hydrogens is 264 g/mol. The van der Waals surface area contributed by atoms with Crippen LogP contribution in [0.15, 0.2) is 0 Å². The maximum atomic E-state index is 10.2. The maximum absolute atomic E-state index is 10.2. The first-order valence-corrected chi connectivity index (χ1v) is 8.95. The van der Waals surface area contributed by atoms with Crippen LogP contribution in [0.1, 0.15) is 32.6 Å². The Balaban J connectivity index is 1.27. The Morgan fingerprint density at radius 3 is 2.48 bits per heavy atom. The molecule has 2 bridgehead atoms. The SMILES string of the molecule is CCN1CCN(C[C@@H](O)COC[C@H]2C[C@@H]3CC[C@@H]2C3)CC1. The van der Waals surface area contributed by atoms with Crippen LogP contribution in [0.5, 0.6) is 0 Å². The lowest BCUT2D eigenvalue weighted by atomic mass is 9.90. The summed E-state index contributed by atoms with van der Waals surface area (Å²) in [6.07, 6.45) is 5.37. The Hall–Kier alpha value is -0.160. The third kappa shape index (κ3) is 4.19. The molecule has 1 aliphatic heterocycles. The van der Waals surface area contributed by atoms with Crippen molar-refractivity contribution >= 4 is 0 Å². The van der Waals surface area contributed by atoms with Crippen LogP contribution in [-0.4, -0.2) is 73.5 Å². The van der Waals surface area contributed by atoms with E-state index in [4.69, 9.17) is 4.74 Å². The van der Waals surface area contributed by atoms with Crippen molar-refractivity contribution < 1.29 is 9.84 Å². The number of likely N-dealkylation sites (N-methyl/N-ethyl adjacent to an activating group) is 1. The molecule has 4 heteroatoms. The van der Waals surface area contributed by atoms with Crippen molar-refractivity contribution in [2.45, 2.75) is 38.7 Å². The quantitative estimate of drug-likeness (QED) is 0.771. The maximum Gasteiger partial charge on any atom is 0.0900 e. The molecule has 0 spiro atoms. The standard InChI is InChI=1S/C17H32N2O2/c1-2-18-5-7-19(8-6-18)11-17(20)13-21-12-16-10-14-3-4-15(16)9-14/h14-17,20H,2-13H2,1H3/t14-,15-,16-,17-/m1/s1. The van der Waals surface area contributed by atoms with Gasteiger partial charge in [-0.25, -0.2) is 0 Å². The topological polar surface area (TPSA) is 35.9 Å². The number of nitrogens with zero attached hydrogens (tertiary/aromatic N) is 2. The Morgan fingerprint density at radius 2 is 1.86 bits per heavy atom. The number of aliphatic hydroxyl groups excluding tert-OH is 1. The molecule has 3 aliphatic rings. The van der Waals surface area contributed by atoms with Gasteiger partial charge < -0.3 is 14.7 Å². The summed E-state index contributed by atoms with van der Waals surface area (Å²) in [5, 5.41) is 10.2. The second kappa shape index (κ2) is 7.40. The number of aliphatic hydroxyl groups is 1. The summed E-state index contributed by atoms with van der Waals surface area (Å²) >= 11 is 0. The van der Waals surface area contributed by atoms with E-state index in [0.717, 1.165) is 63.6 Å². The van der Waals surface area contributed by atoms with Crippen LogP contribution in [0.25, 0.3) is 0 Å². The van der Waals surface area contributed by atoms with Gasteiger partial charge in [0.2, 0.25) is 0 Å². The summed E-state index contributed by atoms with van der Waals surface area (Å²) < 4.78 is 5.83. The molecule has 4 nitrogen and oxygen atoms in total. The molecule has 0 radical (unpaired) electrons. The van der Waals surface area contributed by atoms with E-state index in [9.17, 15) is 5.11 Å². The molecule has 3 fully saturated rings. The third-order valence-electron chi connectivity index (χ3n) is 5.91. The zero-order chi connectivity index (χ0) is 14.7. The summed E-state index contributed by atoms with van der Waals surface area (Å²) in [6, 6.07) is 0. The van der Waals surface area contributed by atoms with Crippen LogP contribution in [0.2, 0.25) is 0 Å². The molecule has 0 amide bonds. The lowest BCUT2D eigenvalue weighted by Gasteiger charge is -2.35. The minimum Gasteiger partial charge on any atom is -0.389 e. The van der Waals surface area contributed by atoms with Gasteiger partial charge in [-0.1, -0.05) is 13.3 Å². The fourth-order valence-corrected chi connectivity index (χ4v) is 4.57. The van der Waals surface area contributed by atoms with E-state index in [2.05, 4.69) is 16.7 Å². The Labute approximate surface area is 129 Å². The van der Waals surface area contributed by atoms with Gasteiger partial charge in [0.05, 0.1) is 12.7 Å². The van der Waals surface area contributed by atoms with Crippen molar-refractivity contribution in [2.75, 3.05) is 52.5 Å². The molecule has 4 atom stereocenters. The molecule has 3 rings (SSSR count). The molecule has 1 heterocycles. The fourth-order valence-electron chi connectivity index (χ4n) is 4.57. The molecule has 2 saturated carbocycles. The Morgan fingerprint density at radius 1 is 1.10 bits per heavy atom. The first kappa shape index (κ1) is 15.7. The molecule has 1 N–H and O–H groups in total. The van der Waals surface area contributed by atoms with E-state index in [-0.39, 0.29) is 6.10 Å². The van der Waals surface area contributed by atoms with Crippen molar-refractivity contribution in [1.29, 1.82) is 0 Å². The average molecular weight is 296 g/mol. The molecule has 21 heavy (non-hydrogen) atoms. The van der Waals surface area contributed by atoms with Crippen molar-refractivity contribution in [1.82, 2.24) is 9.80 Å². The van der Waals surface area contributed by atoms with Gasteiger partial charge >= 0.3 is 0 Å². The van der Waals surface area contributed by atoms with Crippen LogP contribution in [0.3, 0.4) is 0 Å². The number of fused-ring (bicyclic) bond motifs is 2. The molecular formula is C17H32N2O2. The summed E-state index contributed by atoms with van der Waals surface area (Å²) in [5.74, 6) is 2.70. The second-order valence-corrected chi connectivity index (χ2v) is 7.36. The summed E-state index contributed by atoms with van der Waals surface area (Å²) in [5.41, 5.74) is 0. The number of ether oxygens (including phenoxy) is 1. The van der Waals surface area contributed by atoms with E-state index >= 15 is 0 Å². The molecule has 0 aromatic heterocycles. The van der Waals surface area contributed by atoms with Crippen LogP contribution < -0.4 is 0 Å². The molecule has 0 unspecified atom stereocenters. The number of rotatable bonds is 7. The normalized spacial score (nSPS) is 35.4. The summed E-state index contributed by atoms with van der Waals surface area (Å²) in [4.78, 5) is 4.84. The van der Waals surface area contributed by atoms with E-state index in [1.807, 2.05) is 0 Å². The molecule has 2 aliphatic carbocycles. The lowest BCUT2D eigenvalue weighted by Crippen LogP contribution is -2.48.